The van der Waals surface area contributed by atoms with E-state index in [0.717, 1.165) is 0 Å². The Morgan fingerprint density at radius 2 is 2.44 bits per heavy atom. The molecule has 0 amide bonds. The van der Waals surface area contributed by atoms with Crippen LogP contribution in [-0.4, -0.2) is 25.9 Å². The van der Waals surface area contributed by atoms with E-state index in [1.807, 2.05) is 18.3 Å². The van der Waals surface area contributed by atoms with E-state index >= 15 is 0 Å². The van der Waals surface area contributed by atoms with Crippen molar-refractivity contribution in [2.24, 2.45) is 0 Å². The van der Waals surface area contributed by atoms with Gasteiger partial charge < -0.3 is 0 Å². The summed E-state index contributed by atoms with van der Waals surface area (Å²) in [5.74, 6) is 0. The van der Waals surface area contributed by atoms with Gasteiger partial charge >= 0.3 is 65.4 Å². The van der Waals surface area contributed by atoms with Crippen LogP contribution >= 0.6 is 0 Å². The predicted molar refractivity (Wildman–Crippen MR) is 39.6 cm³/mol. The van der Waals surface area contributed by atoms with E-state index < -0.39 is 0 Å². The molecule has 48 valence electrons. The van der Waals surface area contributed by atoms with Gasteiger partial charge in [-0.2, -0.15) is 0 Å². The van der Waals surface area contributed by atoms with Crippen LogP contribution in [0.2, 0.25) is 4.97 Å². The molecule has 1 aromatic rings. The normalized spacial score (nSPS) is 9.44. The molecule has 0 fully saturated rings. The summed E-state index contributed by atoms with van der Waals surface area (Å²) in [6, 6.07) is 6.10. The van der Waals surface area contributed by atoms with Gasteiger partial charge in [0.15, 0.2) is 0 Å². The van der Waals surface area contributed by atoms with E-state index in [1.165, 1.54) is 10.2 Å². The summed E-state index contributed by atoms with van der Waals surface area (Å²) in [5.41, 5.74) is 1.25. The molecule has 0 bridgehead atoms. The van der Waals surface area contributed by atoms with Crippen LogP contribution in [0.15, 0.2) is 24.4 Å². The first kappa shape index (κ1) is 7.05. The summed E-state index contributed by atoms with van der Waals surface area (Å²) in [6.07, 6.45) is 1.86. The first-order valence-electron chi connectivity index (χ1n) is 2.82. The van der Waals surface area contributed by atoms with Crippen molar-refractivity contribution in [3.63, 3.8) is 0 Å². The first-order valence-corrected chi connectivity index (χ1v) is 6.80. The molecule has 0 atom stereocenters. The van der Waals surface area contributed by atoms with Gasteiger partial charge in [0, 0.05) is 0 Å². The van der Waals surface area contributed by atoms with Crippen LogP contribution in [0.4, 0.5) is 0 Å². The Labute approximate surface area is 65.6 Å². The number of hydrogen-bond acceptors (Lipinski definition) is 1. The molecule has 0 N–H and O–H groups in total. The van der Waals surface area contributed by atoms with Gasteiger partial charge in [-0.25, -0.2) is 0 Å². The topological polar surface area (TPSA) is 12.9 Å². The van der Waals surface area contributed by atoms with E-state index in [1.54, 1.807) is 0 Å². The Kier molecular flexibility index (Phi) is 3.03. The van der Waals surface area contributed by atoms with Crippen LogP contribution in [0.5, 0.6) is 0 Å². The molecule has 1 rings (SSSR count). The zero-order valence-corrected chi connectivity index (χ0v) is 7.70. The van der Waals surface area contributed by atoms with Crippen molar-refractivity contribution in [1.82, 2.24) is 4.98 Å². The van der Waals surface area contributed by atoms with Crippen molar-refractivity contribution >= 4 is 20.9 Å². The molecule has 1 nitrogen and oxygen atoms in total. The Morgan fingerprint density at radius 3 is 3.00 bits per heavy atom. The van der Waals surface area contributed by atoms with Crippen LogP contribution in [0, 0.1) is 0 Å². The third kappa shape index (κ3) is 2.34. The van der Waals surface area contributed by atoms with E-state index in [9.17, 15) is 0 Å². The van der Waals surface area contributed by atoms with Crippen molar-refractivity contribution in [1.29, 1.82) is 0 Å². The second-order valence-corrected chi connectivity index (χ2v) is 4.23. The number of nitrogens with zero attached hydrogens (tertiary/aromatic N) is 1. The molecule has 0 radical (unpaired) electrons. The van der Waals surface area contributed by atoms with Gasteiger partial charge in [0.1, 0.15) is 0 Å². The predicted octanol–water partition coefficient (Wildman–Crippen LogP) is 1.33. The molecule has 0 unspecified atom stereocenters. The average Bonchev–Trinajstić information content (AvgIpc) is 1.91. The fourth-order valence-electron chi connectivity index (χ4n) is 0.631. The average molecular weight is 235 g/mol. The van der Waals surface area contributed by atoms with E-state index in [4.69, 9.17) is 0 Å². The second-order valence-electron chi connectivity index (χ2n) is 1.75. The molecule has 2 heteroatoms. The molecule has 0 aliphatic heterocycles. The maximum absolute atomic E-state index is 4.20. The van der Waals surface area contributed by atoms with Crippen LogP contribution in [0.1, 0.15) is 5.69 Å². The van der Waals surface area contributed by atoms with Crippen molar-refractivity contribution < 1.29 is 0 Å². The van der Waals surface area contributed by atoms with E-state index in [2.05, 4.69) is 16.0 Å². The molecular weight excluding hydrogens is 226 g/mol. The number of pyridine rings is 1. The summed E-state index contributed by atoms with van der Waals surface area (Å²) in [7, 11) is 0. The van der Waals surface area contributed by atoms with Gasteiger partial charge in [0.25, 0.3) is 0 Å². The van der Waals surface area contributed by atoms with Crippen molar-refractivity contribution in [3.8, 4) is 0 Å². The van der Waals surface area contributed by atoms with E-state index in [-0.39, 0.29) is 20.9 Å². The van der Waals surface area contributed by atoms with E-state index in [0.29, 0.717) is 0 Å². The molecule has 9 heavy (non-hydrogen) atoms. The number of rotatable bonds is 2. The molecule has 1 heterocycles. The van der Waals surface area contributed by atoms with Crippen molar-refractivity contribution in [2.45, 2.75) is 9.44 Å². The van der Waals surface area contributed by atoms with Crippen LogP contribution in [0.3, 0.4) is 0 Å². The fraction of sp³-hybridized carbons (Fsp3) is 0.286. The van der Waals surface area contributed by atoms with Gasteiger partial charge in [-0.05, 0) is 0 Å². The molecule has 0 saturated heterocycles. The summed E-state index contributed by atoms with van der Waals surface area (Å²) < 4.78 is 1.23. The molecule has 0 aliphatic carbocycles. The molecule has 0 aliphatic rings. The summed E-state index contributed by atoms with van der Waals surface area (Å²) in [4.78, 5) is 6.49. The van der Waals surface area contributed by atoms with Gasteiger partial charge in [-0.3, -0.25) is 0 Å². The number of aromatic nitrogens is 1. The van der Waals surface area contributed by atoms with Crippen molar-refractivity contribution in [2.75, 3.05) is 0 Å². The Bertz CT molecular complexity index is 162. The molecule has 0 aromatic carbocycles. The Balaban J connectivity index is 2.61. The summed E-state index contributed by atoms with van der Waals surface area (Å²) in [6.45, 7) is 0. The third-order valence-corrected chi connectivity index (χ3v) is 2.69. The SMILES string of the molecule is C[Te]Cc1ccccn1. The zero-order chi connectivity index (χ0) is 6.53. The minimum absolute atomic E-state index is 0.219. The summed E-state index contributed by atoms with van der Waals surface area (Å²) in [5, 5.41) is 0. The maximum atomic E-state index is 4.20. The van der Waals surface area contributed by atoms with Crippen molar-refractivity contribution in [3.05, 3.63) is 30.1 Å². The van der Waals surface area contributed by atoms with Gasteiger partial charge in [0.2, 0.25) is 0 Å². The summed E-state index contributed by atoms with van der Waals surface area (Å²) >= 11 is 0.219. The minimum atomic E-state index is 0.219. The molecule has 1 aromatic heterocycles. The van der Waals surface area contributed by atoms with Crippen LogP contribution < -0.4 is 0 Å². The standard InChI is InChI=1S/C7H9NTe/c1-9-6-7-4-2-3-5-8-7/h2-5H,6H2,1H3. The Hall–Kier alpha value is -0.0604. The number of hydrogen-bond donors (Lipinski definition) is 0. The fourth-order valence-corrected chi connectivity index (χ4v) is 1.96. The molecule has 0 spiro atoms. The van der Waals surface area contributed by atoms with Gasteiger partial charge in [0.05, 0.1) is 0 Å². The molecule has 0 saturated carbocycles. The zero-order valence-electron chi connectivity index (χ0n) is 5.37. The van der Waals surface area contributed by atoms with Crippen LogP contribution in [0.25, 0.3) is 0 Å². The monoisotopic (exact) mass is 237 g/mol. The second kappa shape index (κ2) is 3.87. The third-order valence-electron chi connectivity index (χ3n) is 1.02. The van der Waals surface area contributed by atoms with Gasteiger partial charge in [-0.1, -0.05) is 0 Å². The first-order chi connectivity index (χ1) is 4.43. The Morgan fingerprint density at radius 1 is 1.56 bits per heavy atom. The van der Waals surface area contributed by atoms with Crippen LogP contribution in [-0.2, 0) is 4.47 Å². The van der Waals surface area contributed by atoms with Gasteiger partial charge in [-0.15, -0.1) is 0 Å². The quantitative estimate of drug-likeness (QED) is 0.704. The molecular formula is C7H9NTe.